The second-order valence-corrected chi connectivity index (χ2v) is 6.12. The maximum atomic E-state index is 5.97. The molecule has 2 N–H and O–H groups in total. The minimum Gasteiger partial charge on any atom is -0.462 e. The Morgan fingerprint density at radius 2 is 2.33 bits per heavy atom. The summed E-state index contributed by atoms with van der Waals surface area (Å²) in [4.78, 5) is 7.08. The largest absolute Gasteiger partial charge is 0.462 e. The number of halogens is 2. The topological polar surface area (TPSA) is 55.3 Å². The molecule has 0 saturated carbocycles. The average molecular weight is 350 g/mol. The second-order valence-electron chi connectivity index (χ2n) is 5.26. The van der Waals surface area contributed by atoms with Crippen LogP contribution in [-0.4, -0.2) is 29.0 Å². The molecule has 2 unspecified atom stereocenters. The fourth-order valence-electron chi connectivity index (χ4n) is 2.56. The van der Waals surface area contributed by atoms with Gasteiger partial charge in [-0.15, -0.1) is 36.2 Å². The van der Waals surface area contributed by atoms with E-state index < -0.39 is 0 Å². The van der Waals surface area contributed by atoms with Crippen LogP contribution in [0.2, 0.25) is 0 Å². The molecule has 3 rings (SSSR count). The van der Waals surface area contributed by atoms with Crippen molar-refractivity contribution in [2.24, 2.45) is 11.7 Å². The Bertz CT molecular complexity index is 530. The summed E-state index contributed by atoms with van der Waals surface area (Å²) in [6.45, 7) is 5.23. The van der Waals surface area contributed by atoms with Crippen molar-refractivity contribution in [3.8, 4) is 10.8 Å². The van der Waals surface area contributed by atoms with Crippen LogP contribution >= 0.6 is 36.2 Å². The van der Waals surface area contributed by atoms with E-state index in [0.717, 1.165) is 36.1 Å². The lowest BCUT2D eigenvalue weighted by atomic mass is 10.0. The Hall–Kier alpha value is -0.590. The molecule has 3 heterocycles. The predicted molar refractivity (Wildman–Crippen MR) is 91.3 cm³/mol. The summed E-state index contributed by atoms with van der Waals surface area (Å²) >= 11 is 1.64. The first-order valence-corrected chi connectivity index (χ1v) is 7.56. The third-order valence-corrected chi connectivity index (χ3v) is 4.63. The van der Waals surface area contributed by atoms with Crippen LogP contribution in [-0.2, 0) is 6.54 Å². The van der Waals surface area contributed by atoms with Gasteiger partial charge in [0.1, 0.15) is 0 Å². The second kappa shape index (κ2) is 8.15. The molecule has 2 aromatic rings. The van der Waals surface area contributed by atoms with Crippen molar-refractivity contribution in [2.75, 3.05) is 13.1 Å². The summed E-state index contributed by atoms with van der Waals surface area (Å²) in [5, 5.41) is 3.08. The number of likely N-dealkylation sites (tertiary alicyclic amines) is 1. The lowest BCUT2D eigenvalue weighted by Gasteiger charge is -2.16. The molecule has 0 spiro atoms. The predicted octanol–water partition coefficient (Wildman–Crippen LogP) is 3.42. The van der Waals surface area contributed by atoms with Gasteiger partial charge in [0.2, 0.25) is 0 Å². The van der Waals surface area contributed by atoms with Gasteiger partial charge < -0.3 is 10.2 Å². The highest BCUT2D eigenvalue weighted by atomic mass is 35.5. The molecular weight excluding hydrogens is 329 g/mol. The Morgan fingerprint density at radius 1 is 1.52 bits per heavy atom. The van der Waals surface area contributed by atoms with Crippen LogP contribution in [0.1, 0.15) is 19.0 Å². The van der Waals surface area contributed by atoms with E-state index in [1.165, 1.54) is 6.42 Å². The number of hydrogen-bond donors (Lipinski definition) is 1. The average Bonchev–Trinajstić information content (AvgIpc) is 3.09. The molecule has 0 bridgehead atoms. The Kier molecular flexibility index (Phi) is 7.16. The molecule has 1 aliphatic rings. The van der Waals surface area contributed by atoms with Crippen LogP contribution in [0, 0.1) is 5.92 Å². The third-order valence-electron chi connectivity index (χ3n) is 3.72. The first kappa shape index (κ1) is 18.5. The number of nitrogens with zero attached hydrogens (tertiary/aromatic N) is 2. The van der Waals surface area contributed by atoms with Crippen LogP contribution < -0.4 is 5.73 Å². The van der Waals surface area contributed by atoms with E-state index in [1.807, 2.05) is 12.1 Å². The van der Waals surface area contributed by atoms with Crippen molar-refractivity contribution in [2.45, 2.75) is 25.9 Å². The van der Waals surface area contributed by atoms with Gasteiger partial charge in [-0.05, 0) is 37.9 Å². The highest BCUT2D eigenvalue weighted by Gasteiger charge is 2.25. The van der Waals surface area contributed by atoms with Gasteiger partial charge >= 0.3 is 0 Å². The first-order chi connectivity index (χ1) is 9.22. The number of hydrogen-bond acceptors (Lipinski definition) is 5. The molecule has 0 aromatic carbocycles. The SMILES string of the molecule is CC(N)C1CCN(Cc2csc(-c3ccco3)n2)C1.Cl.Cl. The molecular formula is C14H21Cl2N3OS. The molecule has 1 fully saturated rings. The maximum Gasteiger partial charge on any atom is 0.162 e. The quantitative estimate of drug-likeness (QED) is 0.918. The van der Waals surface area contributed by atoms with E-state index in [-0.39, 0.29) is 24.8 Å². The minimum absolute atomic E-state index is 0. The van der Waals surface area contributed by atoms with E-state index >= 15 is 0 Å². The maximum absolute atomic E-state index is 5.97. The Labute approximate surface area is 141 Å². The molecule has 0 radical (unpaired) electrons. The molecule has 21 heavy (non-hydrogen) atoms. The van der Waals surface area contributed by atoms with Gasteiger partial charge in [0.15, 0.2) is 10.8 Å². The zero-order valence-electron chi connectivity index (χ0n) is 11.9. The fraction of sp³-hybridized carbons (Fsp3) is 0.500. The molecule has 7 heteroatoms. The Balaban J connectivity index is 0.00000110. The zero-order chi connectivity index (χ0) is 13.2. The van der Waals surface area contributed by atoms with Crippen molar-refractivity contribution in [3.63, 3.8) is 0 Å². The molecule has 2 aromatic heterocycles. The molecule has 118 valence electrons. The van der Waals surface area contributed by atoms with Crippen molar-refractivity contribution < 1.29 is 4.42 Å². The number of aromatic nitrogens is 1. The standard InChI is InChI=1S/C14H19N3OS.2ClH/c1-10(15)11-4-5-17(7-11)8-12-9-19-14(16-12)13-3-2-6-18-13;;/h2-3,6,9-11H,4-5,7-8,15H2,1H3;2*1H. The van der Waals surface area contributed by atoms with Gasteiger partial charge in [-0.3, -0.25) is 4.90 Å². The van der Waals surface area contributed by atoms with Gasteiger partial charge in [-0.25, -0.2) is 4.98 Å². The van der Waals surface area contributed by atoms with E-state index in [0.29, 0.717) is 12.0 Å². The smallest absolute Gasteiger partial charge is 0.162 e. The van der Waals surface area contributed by atoms with Gasteiger partial charge in [0.05, 0.1) is 12.0 Å². The van der Waals surface area contributed by atoms with E-state index in [4.69, 9.17) is 10.2 Å². The van der Waals surface area contributed by atoms with Crippen LogP contribution in [0.5, 0.6) is 0 Å². The van der Waals surface area contributed by atoms with Crippen LogP contribution in [0.4, 0.5) is 0 Å². The van der Waals surface area contributed by atoms with Gasteiger partial charge in [0, 0.05) is 24.5 Å². The molecule has 0 amide bonds. The lowest BCUT2D eigenvalue weighted by molar-refractivity contribution is 0.305. The van der Waals surface area contributed by atoms with E-state index in [1.54, 1.807) is 17.6 Å². The summed E-state index contributed by atoms with van der Waals surface area (Å²) in [7, 11) is 0. The summed E-state index contributed by atoms with van der Waals surface area (Å²) < 4.78 is 5.37. The summed E-state index contributed by atoms with van der Waals surface area (Å²) in [6, 6.07) is 4.13. The lowest BCUT2D eigenvalue weighted by Crippen LogP contribution is -2.29. The third kappa shape index (κ3) is 4.44. The number of thiazole rings is 1. The van der Waals surface area contributed by atoms with Crippen LogP contribution in [0.3, 0.4) is 0 Å². The number of furan rings is 1. The fourth-order valence-corrected chi connectivity index (χ4v) is 3.33. The van der Waals surface area contributed by atoms with Crippen molar-refractivity contribution in [1.82, 2.24) is 9.88 Å². The Morgan fingerprint density at radius 3 is 2.95 bits per heavy atom. The van der Waals surface area contributed by atoms with E-state index in [9.17, 15) is 0 Å². The van der Waals surface area contributed by atoms with Gasteiger partial charge in [-0.1, -0.05) is 0 Å². The first-order valence-electron chi connectivity index (χ1n) is 6.68. The highest BCUT2D eigenvalue weighted by molar-refractivity contribution is 7.13. The number of nitrogens with two attached hydrogens (primary N) is 1. The normalized spacial score (nSPS) is 19.8. The molecule has 1 saturated heterocycles. The van der Waals surface area contributed by atoms with Crippen molar-refractivity contribution in [3.05, 3.63) is 29.5 Å². The molecule has 0 aliphatic carbocycles. The molecule has 2 atom stereocenters. The molecule has 1 aliphatic heterocycles. The van der Waals surface area contributed by atoms with Gasteiger partial charge in [0.25, 0.3) is 0 Å². The summed E-state index contributed by atoms with van der Waals surface area (Å²) in [5.74, 6) is 1.48. The number of rotatable bonds is 4. The highest BCUT2D eigenvalue weighted by Crippen LogP contribution is 2.26. The minimum atomic E-state index is 0. The van der Waals surface area contributed by atoms with Gasteiger partial charge in [-0.2, -0.15) is 0 Å². The molecule has 4 nitrogen and oxygen atoms in total. The van der Waals surface area contributed by atoms with Crippen molar-refractivity contribution >= 4 is 36.2 Å². The zero-order valence-corrected chi connectivity index (χ0v) is 14.3. The van der Waals surface area contributed by atoms with Crippen LogP contribution in [0.15, 0.2) is 28.2 Å². The summed E-state index contributed by atoms with van der Waals surface area (Å²) in [6.07, 6.45) is 2.89. The van der Waals surface area contributed by atoms with Crippen molar-refractivity contribution in [1.29, 1.82) is 0 Å². The monoisotopic (exact) mass is 349 g/mol. The van der Waals surface area contributed by atoms with Crippen LogP contribution in [0.25, 0.3) is 10.8 Å². The van der Waals surface area contributed by atoms with E-state index in [2.05, 4.69) is 22.2 Å². The summed E-state index contributed by atoms with van der Waals surface area (Å²) in [5.41, 5.74) is 7.10.